The van der Waals surface area contributed by atoms with Crippen molar-refractivity contribution in [2.45, 2.75) is 0 Å². The molecular weight excluding hydrogens is 365 g/mol. The summed E-state index contributed by atoms with van der Waals surface area (Å²) in [7, 11) is 1.56. The molecule has 0 bridgehead atoms. The molecule has 0 unspecified atom stereocenters. The third-order valence-electron chi connectivity index (χ3n) is 3.35. The molecule has 8 heteroatoms. The summed E-state index contributed by atoms with van der Waals surface area (Å²) >= 11 is 12.0. The summed E-state index contributed by atoms with van der Waals surface area (Å²) in [5, 5.41) is 23.4. The van der Waals surface area contributed by atoms with Crippen LogP contribution < -0.4 is 5.32 Å². The first-order valence-corrected chi connectivity index (χ1v) is 7.71. The van der Waals surface area contributed by atoms with E-state index < -0.39 is 10.7 Å². The van der Waals surface area contributed by atoms with Gasteiger partial charge in [-0.25, -0.2) is 0 Å². The van der Waals surface area contributed by atoms with Crippen molar-refractivity contribution < 1.29 is 9.72 Å². The Balaban J connectivity index is 2.51. The number of Topliss-reactive ketones (excluding diaryl/α,β-unsaturated/α-hetero) is 1. The molecule has 0 spiro atoms. The molecule has 0 saturated heterocycles. The number of carbonyl (C=O) groups excluding carboxylic acids is 1. The van der Waals surface area contributed by atoms with Gasteiger partial charge in [0.2, 0.25) is 5.78 Å². The second-order valence-electron chi connectivity index (χ2n) is 4.88. The summed E-state index contributed by atoms with van der Waals surface area (Å²) in [4.78, 5) is 23.1. The molecule has 2 rings (SSSR count). The number of ketones is 1. The van der Waals surface area contributed by atoms with Crippen LogP contribution in [0.15, 0.2) is 42.0 Å². The van der Waals surface area contributed by atoms with Crippen LogP contribution in [0.4, 0.5) is 11.4 Å². The van der Waals surface area contributed by atoms with Crippen molar-refractivity contribution in [3.8, 4) is 6.07 Å². The topological polar surface area (TPSA) is 96.0 Å². The normalized spacial score (nSPS) is 10.9. The molecule has 0 heterocycles. The summed E-state index contributed by atoms with van der Waals surface area (Å²) in [5.74, 6) is -0.654. The van der Waals surface area contributed by atoms with Crippen molar-refractivity contribution in [1.82, 2.24) is 0 Å². The largest absolute Gasteiger partial charge is 0.383 e. The number of nitrogens with one attached hydrogen (secondary N) is 1. The maximum Gasteiger partial charge on any atom is 0.292 e. The first-order chi connectivity index (χ1) is 11.9. The minimum absolute atomic E-state index is 0.0139. The van der Waals surface area contributed by atoms with Gasteiger partial charge in [0.15, 0.2) is 0 Å². The highest BCUT2D eigenvalue weighted by Gasteiger charge is 2.20. The van der Waals surface area contributed by atoms with Crippen LogP contribution in [-0.2, 0) is 0 Å². The molecule has 6 nitrogen and oxygen atoms in total. The predicted molar refractivity (Wildman–Crippen MR) is 97.0 cm³/mol. The van der Waals surface area contributed by atoms with E-state index in [-0.39, 0.29) is 26.9 Å². The van der Waals surface area contributed by atoms with Gasteiger partial charge in [0.25, 0.3) is 5.69 Å². The number of nitrogens with zero attached hydrogens (tertiary/aromatic N) is 2. The lowest BCUT2D eigenvalue weighted by Gasteiger charge is -2.06. The Morgan fingerprint density at radius 3 is 2.44 bits per heavy atom. The Labute approximate surface area is 153 Å². The van der Waals surface area contributed by atoms with Crippen LogP contribution in [0.2, 0.25) is 10.0 Å². The van der Waals surface area contributed by atoms with E-state index in [1.807, 2.05) is 0 Å². The van der Waals surface area contributed by atoms with Crippen molar-refractivity contribution >= 4 is 46.4 Å². The van der Waals surface area contributed by atoms with Gasteiger partial charge in [0.05, 0.1) is 20.5 Å². The van der Waals surface area contributed by atoms with Crippen molar-refractivity contribution in [3.63, 3.8) is 0 Å². The first-order valence-electron chi connectivity index (χ1n) is 6.95. The molecule has 0 atom stereocenters. The summed E-state index contributed by atoms with van der Waals surface area (Å²) < 4.78 is 0. The van der Waals surface area contributed by atoms with Gasteiger partial charge in [0, 0.05) is 13.1 Å². The third-order valence-corrected chi connectivity index (χ3v) is 3.98. The number of nitriles is 1. The molecule has 126 valence electrons. The Hall–Kier alpha value is -2.88. The van der Waals surface area contributed by atoms with Gasteiger partial charge in [-0.05, 0) is 29.8 Å². The number of allylic oxidation sites excluding steroid dienone is 1. The van der Waals surface area contributed by atoms with Gasteiger partial charge in [-0.15, -0.1) is 0 Å². The van der Waals surface area contributed by atoms with E-state index in [0.717, 1.165) is 0 Å². The minimum atomic E-state index is -0.654. The summed E-state index contributed by atoms with van der Waals surface area (Å²) in [6.07, 6.45) is 1.26. The number of halogens is 2. The van der Waals surface area contributed by atoms with Gasteiger partial charge < -0.3 is 5.32 Å². The highest BCUT2D eigenvalue weighted by molar-refractivity contribution is 6.41. The molecule has 0 amide bonds. The number of anilines is 1. The molecule has 2 aromatic carbocycles. The second kappa shape index (κ2) is 7.79. The fraction of sp³-hybridized carbons (Fsp3) is 0.0588. The number of benzene rings is 2. The van der Waals surface area contributed by atoms with Crippen LogP contribution >= 0.6 is 23.2 Å². The zero-order valence-electron chi connectivity index (χ0n) is 12.9. The molecule has 2 aromatic rings. The minimum Gasteiger partial charge on any atom is -0.383 e. The van der Waals surface area contributed by atoms with E-state index in [4.69, 9.17) is 23.2 Å². The van der Waals surface area contributed by atoms with E-state index >= 15 is 0 Å². The monoisotopic (exact) mass is 375 g/mol. The highest BCUT2D eigenvalue weighted by Crippen LogP contribution is 2.29. The van der Waals surface area contributed by atoms with Crippen molar-refractivity contribution in [1.29, 1.82) is 5.26 Å². The molecule has 0 aliphatic heterocycles. The predicted octanol–water partition coefficient (Wildman–Crippen LogP) is 4.73. The van der Waals surface area contributed by atoms with E-state index in [1.165, 1.54) is 30.3 Å². The van der Waals surface area contributed by atoms with E-state index in [1.54, 1.807) is 25.2 Å². The lowest BCUT2D eigenvalue weighted by Crippen LogP contribution is -2.04. The molecule has 0 radical (unpaired) electrons. The van der Waals surface area contributed by atoms with Gasteiger partial charge in [-0.2, -0.15) is 5.26 Å². The Bertz CT molecular complexity index is 913. The van der Waals surface area contributed by atoms with Crippen molar-refractivity contribution in [2.75, 3.05) is 12.4 Å². The molecule has 1 N–H and O–H groups in total. The lowest BCUT2D eigenvalue weighted by molar-refractivity contribution is -0.383. The van der Waals surface area contributed by atoms with Gasteiger partial charge in [-0.1, -0.05) is 35.3 Å². The average Bonchev–Trinajstić information content (AvgIpc) is 2.59. The summed E-state index contributed by atoms with van der Waals surface area (Å²) in [6, 6.07) is 10.7. The van der Waals surface area contributed by atoms with Gasteiger partial charge >= 0.3 is 0 Å². The summed E-state index contributed by atoms with van der Waals surface area (Å²) in [5.41, 5.74) is 0.262. The Kier molecular flexibility index (Phi) is 5.75. The third kappa shape index (κ3) is 3.97. The fourth-order valence-corrected chi connectivity index (χ4v) is 2.73. The second-order valence-corrected chi connectivity index (χ2v) is 5.69. The Morgan fingerprint density at radius 1 is 1.28 bits per heavy atom. The quantitative estimate of drug-likeness (QED) is 0.267. The van der Waals surface area contributed by atoms with Crippen LogP contribution in [0.3, 0.4) is 0 Å². The smallest absolute Gasteiger partial charge is 0.292 e. The fourth-order valence-electron chi connectivity index (χ4n) is 2.17. The van der Waals surface area contributed by atoms with Crippen LogP contribution in [0.1, 0.15) is 15.9 Å². The lowest BCUT2D eigenvalue weighted by atomic mass is 10.0. The molecule has 0 aromatic heterocycles. The van der Waals surface area contributed by atoms with Gasteiger partial charge in [0.1, 0.15) is 17.3 Å². The number of nitro groups is 1. The summed E-state index contributed by atoms with van der Waals surface area (Å²) in [6.45, 7) is 0. The van der Waals surface area contributed by atoms with Crippen molar-refractivity contribution in [3.05, 3.63) is 73.3 Å². The standard InChI is InChI=1S/C17H11Cl2N3O3/c1-21-14-6-5-10(8-15(14)22(24)25)7-11(9-20)17(23)16-12(18)3-2-4-13(16)19/h2-8,21H,1H3/b11-7-. The number of carbonyl (C=O) groups is 1. The molecule has 0 aliphatic rings. The number of hydrogen-bond acceptors (Lipinski definition) is 5. The molecule has 0 aliphatic carbocycles. The zero-order chi connectivity index (χ0) is 18.6. The molecular formula is C17H11Cl2N3O3. The van der Waals surface area contributed by atoms with E-state index in [2.05, 4.69) is 5.32 Å². The first kappa shape index (κ1) is 18.5. The van der Waals surface area contributed by atoms with E-state index in [0.29, 0.717) is 11.3 Å². The maximum absolute atomic E-state index is 12.6. The maximum atomic E-state index is 12.6. The number of hydrogen-bond donors (Lipinski definition) is 1. The average molecular weight is 376 g/mol. The molecule has 0 saturated carbocycles. The van der Waals surface area contributed by atoms with Crippen LogP contribution in [0.25, 0.3) is 6.08 Å². The zero-order valence-corrected chi connectivity index (χ0v) is 14.4. The van der Waals surface area contributed by atoms with Gasteiger partial charge in [-0.3, -0.25) is 14.9 Å². The van der Waals surface area contributed by atoms with Crippen molar-refractivity contribution in [2.24, 2.45) is 0 Å². The number of nitro benzene ring substituents is 1. The highest BCUT2D eigenvalue weighted by atomic mass is 35.5. The SMILES string of the molecule is CNc1ccc(/C=C(/C#N)C(=O)c2c(Cl)cccc2Cl)cc1[N+](=O)[O-]. The number of rotatable bonds is 5. The Morgan fingerprint density at radius 2 is 1.92 bits per heavy atom. The molecule has 25 heavy (non-hydrogen) atoms. The van der Waals surface area contributed by atoms with E-state index in [9.17, 15) is 20.2 Å². The van der Waals surface area contributed by atoms with Crippen LogP contribution in [0, 0.1) is 21.4 Å². The molecule has 0 fully saturated rings. The van der Waals surface area contributed by atoms with Crippen LogP contribution in [0.5, 0.6) is 0 Å². The van der Waals surface area contributed by atoms with Crippen LogP contribution in [-0.4, -0.2) is 17.8 Å².